The topological polar surface area (TPSA) is 29.1 Å². The van der Waals surface area contributed by atoms with E-state index in [4.69, 9.17) is 11.6 Å². The van der Waals surface area contributed by atoms with Gasteiger partial charge in [0.05, 0.1) is 0 Å². The molecule has 2 aromatic rings. The number of carbonyl (C=O) groups is 1. The van der Waals surface area contributed by atoms with Crippen molar-refractivity contribution in [3.63, 3.8) is 0 Å². The highest BCUT2D eigenvalue weighted by atomic mass is 35.5. The van der Waals surface area contributed by atoms with Crippen LogP contribution in [0.25, 0.3) is 0 Å². The summed E-state index contributed by atoms with van der Waals surface area (Å²) >= 11 is 6.06. The molecule has 0 heterocycles. The standard InChI is InChI=1S/C19H20ClNO/c1-13(2)15-5-7-16(8-6-15)19(22)10-11-21-17-9-4-14(3)18(20)12-17/h4-13,21H,1-3H3. The number of benzene rings is 2. The summed E-state index contributed by atoms with van der Waals surface area (Å²) in [5, 5.41) is 3.76. The Balaban J connectivity index is 2.00. The lowest BCUT2D eigenvalue weighted by atomic mass is 10.0. The van der Waals surface area contributed by atoms with E-state index in [0.717, 1.165) is 11.3 Å². The van der Waals surface area contributed by atoms with Gasteiger partial charge < -0.3 is 5.32 Å². The minimum absolute atomic E-state index is 0.0268. The first-order chi connectivity index (χ1) is 10.5. The molecule has 0 radical (unpaired) electrons. The van der Waals surface area contributed by atoms with Crippen LogP contribution in [-0.4, -0.2) is 5.78 Å². The first kappa shape index (κ1) is 16.3. The highest BCUT2D eigenvalue weighted by molar-refractivity contribution is 6.31. The number of aryl methyl sites for hydroxylation is 1. The summed E-state index contributed by atoms with van der Waals surface area (Å²) in [6.07, 6.45) is 3.16. The Labute approximate surface area is 136 Å². The molecule has 0 bridgehead atoms. The number of hydrogen-bond acceptors (Lipinski definition) is 2. The van der Waals surface area contributed by atoms with E-state index in [2.05, 4.69) is 19.2 Å². The van der Waals surface area contributed by atoms with Gasteiger partial charge in [-0.3, -0.25) is 4.79 Å². The van der Waals surface area contributed by atoms with E-state index >= 15 is 0 Å². The van der Waals surface area contributed by atoms with Gasteiger partial charge in [-0.1, -0.05) is 55.8 Å². The molecule has 2 aromatic carbocycles. The number of nitrogens with one attached hydrogen (secondary N) is 1. The van der Waals surface area contributed by atoms with Crippen molar-refractivity contribution in [1.29, 1.82) is 0 Å². The molecule has 0 fully saturated rings. The van der Waals surface area contributed by atoms with Gasteiger partial charge in [0.25, 0.3) is 0 Å². The molecular formula is C19H20ClNO. The van der Waals surface area contributed by atoms with Crippen LogP contribution in [0, 0.1) is 6.92 Å². The zero-order valence-electron chi connectivity index (χ0n) is 13.1. The van der Waals surface area contributed by atoms with Crippen LogP contribution in [-0.2, 0) is 0 Å². The predicted octanol–water partition coefficient (Wildman–Crippen LogP) is 5.58. The van der Waals surface area contributed by atoms with Crippen LogP contribution < -0.4 is 5.32 Å². The summed E-state index contributed by atoms with van der Waals surface area (Å²) in [6.45, 7) is 6.22. The molecule has 0 aliphatic rings. The largest absolute Gasteiger partial charge is 0.362 e. The van der Waals surface area contributed by atoms with Gasteiger partial charge in [0.2, 0.25) is 0 Å². The molecular weight excluding hydrogens is 294 g/mol. The Morgan fingerprint density at radius 3 is 2.41 bits per heavy atom. The number of anilines is 1. The van der Waals surface area contributed by atoms with E-state index in [1.54, 1.807) is 6.20 Å². The molecule has 0 aromatic heterocycles. The lowest BCUT2D eigenvalue weighted by Gasteiger charge is -2.05. The number of hydrogen-bond donors (Lipinski definition) is 1. The highest BCUT2D eigenvalue weighted by Crippen LogP contribution is 2.20. The van der Waals surface area contributed by atoms with Gasteiger partial charge >= 0.3 is 0 Å². The average Bonchev–Trinajstić information content (AvgIpc) is 2.51. The van der Waals surface area contributed by atoms with E-state index in [0.29, 0.717) is 16.5 Å². The van der Waals surface area contributed by atoms with Crippen LogP contribution in [0.1, 0.15) is 41.3 Å². The van der Waals surface area contributed by atoms with E-state index < -0.39 is 0 Å². The Kier molecular flexibility index (Phi) is 5.40. The van der Waals surface area contributed by atoms with Crippen LogP contribution in [0.4, 0.5) is 5.69 Å². The zero-order valence-corrected chi connectivity index (χ0v) is 13.8. The molecule has 1 N–H and O–H groups in total. The SMILES string of the molecule is Cc1ccc(NC=CC(=O)c2ccc(C(C)C)cc2)cc1Cl. The average molecular weight is 314 g/mol. The van der Waals surface area contributed by atoms with Crippen LogP contribution in [0.2, 0.25) is 5.02 Å². The van der Waals surface area contributed by atoms with Crippen LogP contribution >= 0.6 is 11.6 Å². The Morgan fingerprint density at radius 1 is 1.14 bits per heavy atom. The molecule has 0 saturated carbocycles. The monoisotopic (exact) mass is 313 g/mol. The van der Waals surface area contributed by atoms with Crippen molar-refractivity contribution in [2.24, 2.45) is 0 Å². The number of carbonyl (C=O) groups excluding carboxylic acids is 1. The summed E-state index contributed by atoms with van der Waals surface area (Å²) in [7, 11) is 0. The molecule has 22 heavy (non-hydrogen) atoms. The summed E-state index contributed by atoms with van der Waals surface area (Å²) in [5.41, 5.74) is 3.80. The van der Waals surface area contributed by atoms with Crippen molar-refractivity contribution >= 4 is 23.1 Å². The first-order valence-electron chi connectivity index (χ1n) is 7.31. The summed E-state index contributed by atoms with van der Waals surface area (Å²) < 4.78 is 0. The Bertz CT molecular complexity index is 687. The third-order valence-electron chi connectivity index (χ3n) is 3.52. The van der Waals surface area contributed by atoms with Crippen molar-refractivity contribution in [3.05, 3.63) is 76.5 Å². The second-order valence-electron chi connectivity index (χ2n) is 5.58. The Hall–Kier alpha value is -2.06. The molecule has 0 aliphatic heterocycles. The van der Waals surface area contributed by atoms with Crippen molar-refractivity contribution in [2.45, 2.75) is 26.7 Å². The lowest BCUT2D eigenvalue weighted by molar-refractivity contribution is 0.104. The molecule has 0 saturated heterocycles. The second kappa shape index (κ2) is 7.28. The van der Waals surface area contributed by atoms with Gasteiger partial charge in [0, 0.05) is 28.5 Å². The van der Waals surface area contributed by atoms with Crippen LogP contribution in [0.3, 0.4) is 0 Å². The fourth-order valence-corrected chi connectivity index (χ4v) is 2.21. The molecule has 2 nitrogen and oxygen atoms in total. The van der Waals surface area contributed by atoms with Crippen molar-refractivity contribution in [2.75, 3.05) is 5.32 Å². The third-order valence-corrected chi connectivity index (χ3v) is 3.93. The highest BCUT2D eigenvalue weighted by Gasteiger charge is 2.03. The van der Waals surface area contributed by atoms with E-state index in [1.165, 1.54) is 11.6 Å². The molecule has 0 spiro atoms. The normalized spacial score (nSPS) is 11.1. The maximum absolute atomic E-state index is 12.1. The first-order valence-corrected chi connectivity index (χ1v) is 7.68. The number of rotatable bonds is 5. The minimum atomic E-state index is -0.0268. The number of halogens is 1. The molecule has 114 valence electrons. The lowest BCUT2D eigenvalue weighted by Crippen LogP contribution is -1.97. The van der Waals surface area contributed by atoms with Crippen molar-refractivity contribution in [3.8, 4) is 0 Å². The third kappa shape index (κ3) is 4.22. The van der Waals surface area contributed by atoms with E-state index in [-0.39, 0.29) is 5.78 Å². The molecule has 2 rings (SSSR count). The molecule has 3 heteroatoms. The number of allylic oxidation sites excluding steroid dienone is 1. The fraction of sp³-hybridized carbons (Fsp3) is 0.211. The minimum Gasteiger partial charge on any atom is -0.362 e. The smallest absolute Gasteiger partial charge is 0.187 e. The van der Waals surface area contributed by atoms with Gasteiger partial charge in [-0.05, 0) is 36.1 Å². The predicted molar refractivity (Wildman–Crippen MR) is 93.8 cm³/mol. The Morgan fingerprint density at radius 2 is 1.82 bits per heavy atom. The van der Waals surface area contributed by atoms with E-state index in [9.17, 15) is 4.79 Å². The van der Waals surface area contributed by atoms with E-state index in [1.807, 2.05) is 49.4 Å². The van der Waals surface area contributed by atoms with Gasteiger partial charge in [-0.15, -0.1) is 0 Å². The molecule has 0 unspecified atom stereocenters. The van der Waals surface area contributed by atoms with Gasteiger partial charge in [0.1, 0.15) is 0 Å². The maximum atomic E-state index is 12.1. The molecule has 0 amide bonds. The van der Waals surface area contributed by atoms with Gasteiger partial charge in [-0.25, -0.2) is 0 Å². The second-order valence-corrected chi connectivity index (χ2v) is 5.99. The van der Waals surface area contributed by atoms with Crippen molar-refractivity contribution < 1.29 is 4.79 Å². The van der Waals surface area contributed by atoms with Crippen LogP contribution in [0.15, 0.2) is 54.7 Å². The quantitative estimate of drug-likeness (QED) is 0.576. The van der Waals surface area contributed by atoms with Gasteiger partial charge in [0.15, 0.2) is 5.78 Å². The molecule has 0 aliphatic carbocycles. The van der Waals surface area contributed by atoms with Crippen molar-refractivity contribution in [1.82, 2.24) is 0 Å². The number of ketones is 1. The molecule has 0 atom stereocenters. The van der Waals surface area contributed by atoms with Crippen LogP contribution in [0.5, 0.6) is 0 Å². The summed E-state index contributed by atoms with van der Waals surface area (Å²) in [5.74, 6) is 0.439. The van der Waals surface area contributed by atoms with Gasteiger partial charge in [-0.2, -0.15) is 0 Å². The fourth-order valence-electron chi connectivity index (χ4n) is 2.02. The summed E-state index contributed by atoms with van der Waals surface area (Å²) in [6, 6.07) is 13.4. The zero-order chi connectivity index (χ0) is 16.1. The maximum Gasteiger partial charge on any atom is 0.187 e. The summed E-state index contributed by atoms with van der Waals surface area (Å²) in [4.78, 5) is 12.1.